The molecule has 0 saturated heterocycles. The van der Waals surface area contributed by atoms with Gasteiger partial charge in [-0.2, -0.15) is 0 Å². The van der Waals surface area contributed by atoms with Gasteiger partial charge in [0.1, 0.15) is 11.6 Å². The molecular formula is C29H32F2N2O3. The van der Waals surface area contributed by atoms with E-state index in [0.717, 1.165) is 36.6 Å². The summed E-state index contributed by atoms with van der Waals surface area (Å²) in [5.74, 6) is -1.49. The van der Waals surface area contributed by atoms with Gasteiger partial charge in [-0.25, -0.2) is 13.6 Å². The number of aliphatic hydroxyl groups excluding tert-OH is 1. The molecule has 3 N–H and O–H groups in total. The maximum atomic E-state index is 13.9. The van der Waals surface area contributed by atoms with Crippen LogP contribution in [0.4, 0.5) is 19.3 Å². The molecule has 0 unspecified atom stereocenters. The van der Waals surface area contributed by atoms with Crippen molar-refractivity contribution in [2.75, 3.05) is 11.4 Å². The topological polar surface area (TPSA) is 72.8 Å². The highest BCUT2D eigenvalue weighted by atomic mass is 19.1. The number of fused-ring (bicyclic) bond motifs is 1. The first kappa shape index (κ1) is 25.8. The number of carboxylic acid groups (broad SMARTS) is 1. The fraction of sp³-hybridized carbons (Fsp3) is 0.345. The lowest BCUT2D eigenvalue weighted by Crippen LogP contribution is -2.51. The van der Waals surface area contributed by atoms with Crippen LogP contribution in [0.1, 0.15) is 48.1 Å². The van der Waals surface area contributed by atoms with Gasteiger partial charge in [0, 0.05) is 24.3 Å². The molecule has 3 aromatic rings. The van der Waals surface area contributed by atoms with Crippen molar-refractivity contribution in [2.45, 2.75) is 57.2 Å². The summed E-state index contributed by atoms with van der Waals surface area (Å²) in [6, 6.07) is 17.2. The Kier molecular flexibility index (Phi) is 8.33. The van der Waals surface area contributed by atoms with Crippen LogP contribution >= 0.6 is 0 Å². The molecule has 0 radical (unpaired) electrons. The highest BCUT2D eigenvalue weighted by Crippen LogP contribution is 2.31. The van der Waals surface area contributed by atoms with E-state index in [0.29, 0.717) is 5.69 Å². The molecule has 0 aromatic heterocycles. The summed E-state index contributed by atoms with van der Waals surface area (Å²) < 4.78 is 27.8. The predicted octanol–water partition coefficient (Wildman–Crippen LogP) is 5.65. The maximum absolute atomic E-state index is 13.9. The molecule has 0 aliphatic heterocycles. The van der Waals surface area contributed by atoms with Crippen LogP contribution in [-0.4, -0.2) is 35.0 Å². The van der Waals surface area contributed by atoms with Crippen molar-refractivity contribution in [3.8, 4) is 0 Å². The van der Waals surface area contributed by atoms with Gasteiger partial charge in [0.2, 0.25) is 0 Å². The molecule has 0 bridgehead atoms. The Morgan fingerprint density at radius 2 is 1.78 bits per heavy atom. The van der Waals surface area contributed by atoms with Gasteiger partial charge in [0.15, 0.2) is 0 Å². The van der Waals surface area contributed by atoms with Crippen LogP contribution in [0.15, 0.2) is 66.7 Å². The van der Waals surface area contributed by atoms with Gasteiger partial charge in [-0.05, 0) is 78.6 Å². The number of carbonyl (C=O) groups is 1. The first-order valence-electron chi connectivity index (χ1n) is 12.4. The number of benzene rings is 3. The summed E-state index contributed by atoms with van der Waals surface area (Å²) in [6.45, 7) is 2.24. The second-order valence-corrected chi connectivity index (χ2v) is 9.34. The number of nitrogens with one attached hydrogen (secondary N) is 1. The Hall–Kier alpha value is -3.29. The molecule has 190 valence electrons. The molecule has 7 heteroatoms. The average Bonchev–Trinajstić information content (AvgIpc) is 2.86. The smallest absolute Gasteiger partial charge is 0.412 e. The third-order valence-electron chi connectivity index (χ3n) is 6.89. The van der Waals surface area contributed by atoms with Gasteiger partial charge >= 0.3 is 6.09 Å². The van der Waals surface area contributed by atoms with Crippen LogP contribution in [-0.2, 0) is 19.3 Å². The lowest BCUT2D eigenvalue weighted by Gasteiger charge is -2.35. The van der Waals surface area contributed by atoms with E-state index in [1.807, 2.05) is 0 Å². The lowest BCUT2D eigenvalue weighted by atomic mass is 9.86. The minimum absolute atomic E-state index is 0.0390. The standard InChI is InChI=1S/C29H32F2N2O3/c1-2-19-11-12-21-7-6-10-26(25(21)15-19)32-18-28(34)27(16-20-13-22(30)17-23(31)14-20)33(29(35)36)24-8-4-3-5-9-24/h3-5,8-9,11-15,17,26-28,32,34H,2,6-7,10,16,18H2,1H3,(H,35,36)/t26-,27-,28+/m0/s1. The summed E-state index contributed by atoms with van der Waals surface area (Å²) in [6.07, 6.45) is 1.43. The number of aryl methyl sites for hydroxylation is 2. The fourth-order valence-corrected chi connectivity index (χ4v) is 5.08. The Bertz CT molecular complexity index is 1170. The van der Waals surface area contributed by atoms with Crippen LogP contribution in [0.3, 0.4) is 0 Å². The number of anilines is 1. The zero-order chi connectivity index (χ0) is 25.7. The molecule has 0 heterocycles. The van der Waals surface area contributed by atoms with E-state index in [-0.39, 0.29) is 24.6 Å². The zero-order valence-corrected chi connectivity index (χ0v) is 20.3. The van der Waals surface area contributed by atoms with Gasteiger partial charge in [0.25, 0.3) is 0 Å². The summed E-state index contributed by atoms with van der Waals surface area (Å²) in [5.41, 5.74) is 4.40. The van der Waals surface area contributed by atoms with Gasteiger partial charge in [-0.15, -0.1) is 0 Å². The lowest BCUT2D eigenvalue weighted by molar-refractivity contribution is 0.127. The Labute approximate surface area is 210 Å². The molecule has 3 aromatic carbocycles. The number of nitrogens with zero attached hydrogens (tertiary/aromatic N) is 1. The molecule has 5 nitrogen and oxygen atoms in total. The van der Waals surface area contributed by atoms with E-state index in [1.165, 1.54) is 28.8 Å². The quantitative estimate of drug-likeness (QED) is 0.359. The molecule has 1 aliphatic rings. The summed E-state index contributed by atoms with van der Waals surface area (Å²) in [5, 5.41) is 24.8. The fourth-order valence-electron chi connectivity index (χ4n) is 5.08. The summed E-state index contributed by atoms with van der Waals surface area (Å²) in [4.78, 5) is 13.4. The van der Waals surface area contributed by atoms with E-state index >= 15 is 0 Å². The SMILES string of the molecule is CCc1ccc2c(c1)[C@@H](NC[C@@H](O)[C@H](Cc1cc(F)cc(F)c1)N(C(=O)O)c1ccccc1)CCC2. The van der Waals surface area contributed by atoms with Gasteiger partial charge in [-0.3, -0.25) is 4.90 Å². The normalized spacial score (nSPS) is 16.7. The Morgan fingerprint density at radius 3 is 2.44 bits per heavy atom. The summed E-state index contributed by atoms with van der Waals surface area (Å²) >= 11 is 0. The number of hydrogen-bond donors (Lipinski definition) is 3. The number of rotatable bonds is 9. The molecule has 0 saturated carbocycles. The van der Waals surface area contributed by atoms with Crippen molar-refractivity contribution in [2.24, 2.45) is 0 Å². The van der Waals surface area contributed by atoms with Crippen LogP contribution in [0.2, 0.25) is 0 Å². The third kappa shape index (κ3) is 6.09. The molecule has 4 rings (SSSR count). The Morgan fingerprint density at radius 1 is 1.06 bits per heavy atom. The van der Waals surface area contributed by atoms with Crippen LogP contribution in [0.5, 0.6) is 0 Å². The molecule has 0 fully saturated rings. The average molecular weight is 495 g/mol. The van der Waals surface area contributed by atoms with Crippen molar-refractivity contribution in [1.29, 1.82) is 0 Å². The van der Waals surface area contributed by atoms with E-state index in [9.17, 15) is 23.8 Å². The second-order valence-electron chi connectivity index (χ2n) is 9.34. The van der Waals surface area contributed by atoms with Crippen molar-refractivity contribution >= 4 is 11.8 Å². The highest BCUT2D eigenvalue weighted by molar-refractivity contribution is 5.87. The minimum Gasteiger partial charge on any atom is -0.465 e. The number of hydrogen-bond acceptors (Lipinski definition) is 3. The van der Waals surface area contributed by atoms with E-state index in [2.05, 4.69) is 30.4 Å². The summed E-state index contributed by atoms with van der Waals surface area (Å²) in [7, 11) is 0. The second kappa shape index (κ2) is 11.6. The first-order valence-corrected chi connectivity index (χ1v) is 12.4. The van der Waals surface area contributed by atoms with Crippen molar-refractivity contribution in [3.05, 3.63) is 101 Å². The molecule has 0 spiro atoms. The first-order chi connectivity index (χ1) is 17.4. The van der Waals surface area contributed by atoms with E-state index in [1.54, 1.807) is 30.3 Å². The van der Waals surface area contributed by atoms with Crippen molar-refractivity contribution in [3.63, 3.8) is 0 Å². The Balaban J connectivity index is 1.60. The van der Waals surface area contributed by atoms with Crippen LogP contribution in [0, 0.1) is 11.6 Å². The third-order valence-corrected chi connectivity index (χ3v) is 6.89. The van der Waals surface area contributed by atoms with Gasteiger partial charge < -0.3 is 15.5 Å². The minimum atomic E-state index is -1.25. The van der Waals surface area contributed by atoms with E-state index in [4.69, 9.17) is 0 Å². The van der Waals surface area contributed by atoms with Crippen molar-refractivity contribution in [1.82, 2.24) is 5.32 Å². The highest BCUT2D eigenvalue weighted by Gasteiger charge is 2.32. The van der Waals surface area contributed by atoms with Gasteiger partial charge in [0.05, 0.1) is 12.1 Å². The molecule has 1 amide bonds. The molecular weight excluding hydrogens is 462 g/mol. The molecule has 3 atom stereocenters. The monoisotopic (exact) mass is 494 g/mol. The number of para-hydroxylation sites is 1. The molecule has 1 aliphatic carbocycles. The predicted molar refractivity (Wildman–Crippen MR) is 136 cm³/mol. The largest absolute Gasteiger partial charge is 0.465 e. The number of halogens is 2. The van der Waals surface area contributed by atoms with Crippen molar-refractivity contribution < 1.29 is 23.8 Å². The van der Waals surface area contributed by atoms with E-state index < -0.39 is 29.9 Å². The maximum Gasteiger partial charge on any atom is 0.412 e. The zero-order valence-electron chi connectivity index (χ0n) is 20.3. The van der Waals surface area contributed by atoms with Crippen LogP contribution < -0.4 is 10.2 Å². The number of amides is 1. The van der Waals surface area contributed by atoms with Gasteiger partial charge in [-0.1, -0.05) is 43.3 Å². The van der Waals surface area contributed by atoms with Crippen LogP contribution in [0.25, 0.3) is 0 Å². The molecule has 36 heavy (non-hydrogen) atoms. The number of aliphatic hydroxyl groups is 1.